The standard InChI is InChI=1S/C23H18ClN3O2S2/c1-13-14(2)31-23-20(13)22(25-12-26-23)30-11-19(28)27-18-9-8-16(24)10-17(18)21(29)15-6-4-3-5-7-15/h3-10,12H,11H2,1-2H3,(H,27,28). The molecule has 4 rings (SSSR count). The lowest BCUT2D eigenvalue weighted by Crippen LogP contribution is -2.17. The van der Waals surface area contributed by atoms with Gasteiger partial charge in [-0.3, -0.25) is 9.59 Å². The van der Waals surface area contributed by atoms with Crippen molar-refractivity contribution in [2.24, 2.45) is 0 Å². The van der Waals surface area contributed by atoms with Crippen molar-refractivity contribution in [2.45, 2.75) is 18.9 Å². The Kier molecular flexibility index (Phi) is 6.36. The smallest absolute Gasteiger partial charge is 0.234 e. The van der Waals surface area contributed by atoms with Crippen molar-refractivity contribution < 1.29 is 9.59 Å². The van der Waals surface area contributed by atoms with Crippen LogP contribution in [0, 0.1) is 13.8 Å². The molecule has 8 heteroatoms. The predicted octanol–water partition coefficient (Wildman–Crippen LogP) is 5.92. The van der Waals surface area contributed by atoms with Crippen molar-refractivity contribution >= 4 is 62.3 Å². The highest BCUT2D eigenvalue weighted by molar-refractivity contribution is 8.00. The Morgan fingerprint density at radius 3 is 2.65 bits per heavy atom. The first kappa shape index (κ1) is 21.5. The monoisotopic (exact) mass is 467 g/mol. The van der Waals surface area contributed by atoms with Crippen molar-refractivity contribution in [3.05, 3.63) is 81.4 Å². The number of thiophene rings is 1. The molecule has 0 unspecified atom stereocenters. The normalized spacial score (nSPS) is 10.9. The van der Waals surface area contributed by atoms with Crippen LogP contribution in [0.1, 0.15) is 26.4 Å². The third-order valence-corrected chi connectivity index (χ3v) is 7.15. The lowest BCUT2D eigenvalue weighted by Gasteiger charge is -2.11. The maximum absolute atomic E-state index is 12.9. The molecular weight excluding hydrogens is 450 g/mol. The molecule has 31 heavy (non-hydrogen) atoms. The number of carbonyl (C=O) groups is 2. The molecule has 2 aromatic heterocycles. The van der Waals surface area contributed by atoms with E-state index in [-0.39, 0.29) is 17.4 Å². The number of ketones is 1. The predicted molar refractivity (Wildman–Crippen MR) is 128 cm³/mol. The maximum atomic E-state index is 12.9. The van der Waals surface area contributed by atoms with Gasteiger partial charge in [0.15, 0.2) is 5.78 Å². The van der Waals surface area contributed by atoms with E-state index in [0.717, 1.165) is 20.8 Å². The van der Waals surface area contributed by atoms with E-state index in [0.29, 0.717) is 21.8 Å². The van der Waals surface area contributed by atoms with Gasteiger partial charge in [-0.25, -0.2) is 9.97 Å². The van der Waals surface area contributed by atoms with Gasteiger partial charge in [0.05, 0.1) is 11.4 Å². The number of amides is 1. The van der Waals surface area contributed by atoms with Crippen molar-refractivity contribution in [2.75, 3.05) is 11.1 Å². The summed E-state index contributed by atoms with van der Waals surface area (Å²) >= 11 is 9.09. The van der Waals surface area contributed by atoms with Crippen LogP contribution in [0.15, 0.2) is 59.9 Å². The number of nitrogens with one attached hydrogen (secondary N) is 1. The van der Waals surface area contributed by atoms with Crippen LogP contribution in [-0.2, 0) is 4.79 Å². The summed E-state index contributed by atoms with van der Waals surface area (Å²) < 4.78 is 0. The van der Waals surface area contributed by atoms with E-state index in [1.165, 1.54) is 23.0 Å². The second-order valence-electron chi connectivity index (χ2n) is 6.86. The largest absolute Gasteiger partial charge is 0.325 e. The number of hydrogen-bond donors (Lipinski definition) is 1. The SMILES string of the molecule is Cc1sc2ncnc(SCC(=O)Nc3ccc(Cl)cc3C(=O)c3ccccc3)c2c1C. The van der Waals surface area contributed by atoms with E-state index in [1.807, 2.05) is 13.0 Å². The Labute approximate surface area is 192 Å². The quantitative estimate of drug-likeness (QED) is 0.216. The fourth-order valence-corrected chi connectivity index (χ4v) is 5.23. The molecule has 0 atom stereocenters. The van der Waals surface area contributed by atoms with E-state index in [9.17, 15) is 9.59 Å². The zero-order valence-corrected chi connectivity index (χ0v) is 19.2. The van der Waals surface area contributed by atoms with Crippen LogP contribution in [0.2, 0.25) is 5.02 Å². The molecule has 5 nitrogen and oxygen atoms in total. The molecule has 0 bridgehead atoms. The van der Waals surface area contributed by atoms with Crippen LogP contribution in [0.3, 0.4) is 0 Å². The molecule has 0 fully saturated rings. The molecule has 1 N–H and O–H groups in total. The molecule has 0 saturated heterocycles. The Bertz CT molecular complexity index is 1290. The summed E-state index contributed by atoms with van der Waals surface area (Å²) in [5.41, 5.74) is 2.45. The summed E-state index contributed by atoms with van der Waals surface area (Å²) in [7, 11) is 0. The van der Waals surface area contributed by atoms with Gasteiger partial charge in [-0.15, -0.1) is 11.3 Å². The highest BCUT2D eigenvalue weighted by Gasteiger charge is 2.17. The van der Waals surface area contributed by atoms with E-state index >= 15 is 0 Å². The summed E-state index contributed by atoms with van der Waals surface area (Å²) in [4.78, 5) is 36.4. The summed E-state index contributed by atoms with van der Waals surface area (Å²) in [6.45, 7) is 4.09. The lowest BCUT2D eigenvalue weighted by molar-refractivity contribution is -0.113. The first-order valence-electron chi connectivity index (χ1n) is 9.46. The van der Waals surface area contributed by atoms with E-state index in [2.05, 4.69) is 22.2 Å². The minimum absolute atomic E-state index is 0.155. The number of aryl methyl sites for hydroxylation is 2. The first-order chi connectivity index (χ1) is 14.9. The first-order valence-corrected chi connectivity index (χ1v) is 11.6. The van der Waals surface area contributed by atoms with Gasteiger partial charge in [0.2, 0.25) is 5.91 Å². The molecule has 2 aromatic carbocycles. The summed E-state index contributed by atoms with van der Waals surface area (Å²) in [6.07, 6.45) is 1.52. The molecule has 4 aromatic rings. The molecule has 0 saturated carbocycles. The minimum Gasteiger partial charge on any atom is -0.325 e. The van der Waals surface area contributed by atoms with Crippen molar-refractivity contribution in [1.29, 1.82) is 0 Å². The number of carbonyl (C=O) groups excluding carboxylic acids is 2. The zero-order valence-electron chi connectivity index (χ0n) is 16.8. The molecule has 0 aliphatic heterocycles. The van der Waals surface area contributed by atoms with Crippen LogP contribution in [0.5, 0.6) is 0 Å². The molecule has 0 spiro atoms. The second-order valence-corrected chi connectivity index (χ2v) is 9.47. The van der Waals surface area contributed by atoms with Crippen LogP contribution < -0.4 is 5.32 Å². The van der Waals surface area contributed by atoms with Gasteiger partial charge in [0.25, 0.3) is 0 Å². The Balaban J connectivity index is 1.53. The minimum atomic E-state index is -0.231. The molecule has 2 heterocycles. The summed E-state index contributed by atoms with van der Waals surface area (Å²) in [5.74, 6) is -0.277. The number of rotatable bonds is 6. The van der Waals surface area contributed by atoms with Crippen LogP contribution >= 0.6 is 34.7 Å². The number of aromatic nitrogens is 2. The Morgan fingerprint density at radius 2 is 1.87 bits per heavy atom. The number of hydrogen-bond acceptors (Lipinski definition) is 6. The third-order valence-electron chi connectivity index (χ3n) is 4.81. The van der Waals surface area contributed by atoms with Crippen LogP contribution in [0.4, 0.5) is 5.69 Å². The van der Waals surface area contributed by atoms with E-state index < -0.39 is 0 Å². The average Bonchev–Trinajstić information content (AvgIpc) is 3.07. The number of thioether (sulfide) groups is 1. The van der Waals surface area contributed by atoms with Gasteiger partial charge < -0.3 is 5.32 Å². The van der Waals surface area contributed by atoms with Crippen LogP contribution in [-0.4, -0.2) is 27.4 Å². The molecule has 1 amide bonds. The van der Waals surface area contributed by atoms with Crippen molar-refractivity contribution in [3.8, 4) is 0 Å². The van der Waals surface area contributed by atoms with Gasteiger partial charge in [-0.2, -0.15) is 0 Å². The second kappa shape index (κ2) is 9.18. The number of anilines is 1. The zero-order chi connectivity index (χ0) is 22.0. The molecule has 0 aliphatic rings. The Morgan fingerprint density at radius 1 is 1.10 bits per heavy atom. The van der Waals surface area contributed by atoms with Gasteiger partial charge in [0.1, 0.15) is 16.2 Å². The van der Waals surface area contributed by atoms with Gasteiger partial charge in [-0.1, -0.05) is 53.7 Å². The maximum Gasteiger partial charge on any atom is 0.234 e. The van der Waals surface area contributed by atoms with Gasteiger partial charge >= 0.3 is 0 Å². The average molecular weight is 468 g/mol. The Hall–Kier alpha value is -2.74. The summed E-state index contributed by atoms with van der Waals surface area (Å²) in [6, 6.07) is 13.8. The number of halogens is 1. The number of benzene rings is 2. The van der Waals surface area contributed by atoms with Crippen LogP contribution in [0.25, 0.3) is 10.2 Å². The van der Waals surface area contributed by atoms with Crippen molar-refractivity contribution in [3.63, 3.8) is 0 Å². The van der Waals surface area contributed by atoms with E-state index in [1.54, 1.807) is 53.8 Å². The third kappa shape index (κ3) is 4.63. The number of fused-ring (bicyclic) bond motifs is 1. The lowest BCUT2D eigenvalue weighted by atomic mass is 10.0. The molecule has 156 valence electrons. The van der Waals surface area contributed by atoms with Gasteiger partial charge in [0, 0.05) is 26.4 Å². The van der Waals surface area contributed by atoms with E-state index in [4.69, 9.17) is 11.6 Å². The fourth-order valence-electron chi connectivity index (χ4n) is 3.14. The number of nitrogens with zero attached hydrogens (tertiary/aromatic N) is 2. The van der Waals surface area contributed by atoms with Gasteiger partial charge in [-0.05, 0) is 37.6 Å². The molecule has 0 radical (unpaired) electrons. The molecule has 0 aliphatic carbocycles. The summed E-state index contributed by atoms with van der Waals surface area (Å²) in [5, 5.41) is 5.05. The van der Waals surface area contributed by atoms with Crippen molar-refractivity contribution in [1.82, 2.24) is 9.97 Å². The highest BCUT2D eigenvalue weighted by atomic mass is 35.5. The molecular formula is C23H18ClN3O2S2. The fraction of sp³-hybridized carbons (Fsp3) is 0.130. The topological polar surface area (TPSA) is 72.0 Å². The highest BCUT2D eigenvalue weighted by Crippen LogP contribution is 2.34.